The maximum absolute atomic E-state index is 14.0. The van der Waals surface area contributed by atoms with Gasteiger partial charge >= 0.3 is 6.03 Å². The molecule has 2 amide bonds. The van der Waals surface area contributed by atoms with Crippen LogP contribution in [0.2, 0.25) is 0 Å². The fourth-order valence-electron chi connectivity index (χ4n) is 2.48. The molecule has 3 rings (SSSR count). The summed E-state index contributed by atoms with van der Waals surface area (Å²) in [6.07, 6.45) is 2.96. The molecule has 0 aliphatic carbocycles. The SMILES string of the molecule is COc1cc(-c2cc(F)cc(P)c2NC(=O)NS(=N)(=O)c2ccn(P)n2)ccn1. The van der Waals surface area contributed by atoms with Gasteiger partial charge in [-0.15, -0.1) is 9.24 Å². The normalized spacial score (nSPS) is 12.8. The van der Waals surface area contributed by atoms with Gasteiger partial charge in [0, 0.05) is 24.0 Å². The van der Waals surface area contributed by atoms with Gasteiger partial charge in [-0.25, -0.2) is 27.9 Å². The Morgan fingerprint density at radius 2 is 2.10 bits per heavy atom. The van der Waals surface area contributed by atoms with Gasteiger partial charge in [-0.3, -0.25) is 4.45 Å². The summed E-state index contributed by atoms with van der Waals surface area (Å²) in [6, 6.07) is 6.13. The number of rotatable bonds is 5. The first-order valence-corrected chi connectivity index (χ1v) is 10.6. The molecule has 0 saturated carbocycles. The van der Waals surface area contributed by atoms with Crippen LogP contribution in [0.5, 0.6) is 5.88 Å². The van der Waals surface area contributed by atoms with Crippen LogP contribution in [-0.2, 0) is 9.92 Å². The Morgan fingerprint density at radius 1 is 1.34 bits per heavy atom. The van der Waals surface area contributed by atoms with Crippen molar-refractivity contribution < 1.29 is 18.1 Å². The van der Waals surface area contributed by atoms with Crippen LogP contribution < -0.4 is 20.1 Å². The molecule has 0 saturated heterocycles. The molecule has 3 N–H and O–H groups in total. The minimum absolute atomic E-state index is 0.105. The van der Waals surface area contributed by atoms with Crippen molar-refractivity contribution >= 4 is 45.6 Å². The van der Waals surface area contributed by atoms with Gasteiger partial charge in [0.25, 0.3) is 0 Å². The van der Waals surface area contributed by atoms with E-state index in [1.807, 2.05) is 0 Å². The highest BCUT2D eigenvalue weighted by Crippen LogP contribution is 2.30. The van der Waals surface area contributed by atoms with Crippen LogP contribution in [0.15, 0.2) is 47.8 Å². The van der Waals surface area contributed by atoms with E-state index < -0.39 is 21.8 Å². The number of aromatic nitrogens is 3. The molecule has 0 aliphatic rings. The zero-order valence-electron chi connectivity index (χ0n) is 15.0. The monoisotopic (exact) mass is 454 g/mol. The van der Waals surface area contributed by atoms with E-state index in [9.17, 15) is 13.4 Å². The number of hydrogen-bond acceptors (Lipinski definition) is 6. The second kappa shape index (κ2) is 8.41. The number of anilines is 1. The van der Waals surface area contributed by atoms with E-state index in [0.29, 0.717) is 22.3 Å². The van der Waals surface area contributed by atoms with Crippen LogP contribution in [0, 0.1) is 10.6 Å². The molecule has 3 atom stereocenters. The summed E-state index contributed by atoms with van der Waals surface area (Å²) in [4.78, 5) is 16.5. The number of halogens is 1. The van der Waals surface area contributed by atoms with Gasteiger partial charge in [-0.1, -0.05) is 0 Å². The Morgan fingerprint density at radius 3 is 2.76 bits per heavy atom. The Balaban J connectivity index is 1.93. The summed E-state index contributed by atoms with van der Waals surface area (Å²) in [5, 5.41) is 6.65. The number of urea groups is 1. The number of pyridine rings is 1. The molecule has 3 unspecified atom stereocenters. The maximum Gasteiger partial charge on any atom is 0.332 e. The molecule has 9 nitrogen and oxygen atoms in total. The molecule has 2 heterocycles. The van der Waals surface area contributed by atoms with E-state index in [1.165, 1.54) is 42.2 Å². The lowest BCUT2D eigenvalue weighted by molar-refractivity contribution is 0.257. The summed E-state index contributed by atoms with van der Waals surface area (Å²) in [7, 11) is 2.33. The molecule has 13 heteroatoms. The third-order valence-corrected chi connectivity index (χ3v) is 5.76. The first kappa shape index (κ1) is 21.1. The molecule has 0 bridgehead atoms. The quantitative estimate of drug-likeness (QED) is 0.511. The summed E-state index contributed by atoms with van der Waals surface area (Å²) < 4.78 is 42.9. The van der Waals surface area contributed by atoms with E-state index in [2.05, 4.69) is 38.8 Å². The molecule has 3 aromatic rings. The highest BCUT2D eigenvalue weighted by Gasteiger charge is 2.19. The van der Waals surface area contributed by atoms with Crippen molar-refractivity contribution in [3.05, 3.63) is 48.5 Å². The van der Waals surface area contributed by atoms with Crippen LogP contribution in [0.25, 0.3) is 11.1 Å². The number of amides is 2. The molecular weight excluding hydrogens is 437 g/mol. The van der Waals surface area contributed by atoms with Crippen molar-refractivity contribution in [1.29, 1.82) is 4.78 Å². The third-order valence-electron chi connectivity index (χ3n) is 3.74. The number of methoxy groups -OCH3 is 1. The van der Waals surface area contributed by atoms with E-state index in [-0.39, 0.29) is 10.7 Å². The van der Waals surface area contributed by atoms with Gasteiger partial charge in [0.05, 0.1) is 12.8 Å². The lowest BCUT2D eigenvalue weighted by Crippen LogP contribution is -2.35. The number of hydrogen-bond donors (Lipinski definition) is 3. The van der Waals surface area contributed by atoms with Gasteiger partial charge in [0.2, 0.25) is 5.88 Å². The van der Waals surface area contributed by atoms with Crippen LogP contribution in [0.4, 0.5) is 14.9 Å². The topological polar surface area (TPSA) is 122 Å². The number of benzene rings is 1. The molecular formula is C16H17FN6O3P2S. The van der Waals surface area contributed by atoms with Crippen LogP contribution >= 0.6 is 18.6 Å². The van der Waals surface area contributed by atoms with Gasteiger partial charge in [-0.05, 0) is 44.5 Å². The van der Waals surface area contributed by atoms with E-state index in [0.717, 1.165) is 0 Å². The molecule has 2 aromatic heterocycles. The maximum atomic E-state index is 14.0. The highest BCUT2D eigenvalue weighted by molar-refractivity contribution is 7.91. The largest absolute Gasteiger partial charge is 0.481 e. The van der Waals surface area contributed by atoms with Gasteiger partial charge in [0.15, 0.2) is 14.9 Å². The first-order chi connectivity index (χ1) is 13.7. The summed E-state index contributed by atoms with van der Waals surface area (Å²) in [6.45, 7) is 0. The number of carbonyl (C=O) groups excluding carboxylic acids is 1. The van der Waals surface area contributed by atoms with Crippen molar-refractivity contribution in [2.45, 2.75) is 5.03 Å². The molecule has 0 fully saturated rings. The fraction of sp³-hybridized carbons (Fsp3) is 0.0625. The second-order valence-corrected chi connectivity index (χ2v) is 8.64. The van der Waals surface area contributed by atoms with Gasteiger partial charge in [0.1, 0.15) is 5.82 Å². The Labute approximate surface area is 171 Å². The Kier molecular flexibility index (Phi) is 6.12. The molecule has 152 valence electrons. The number of ether oxygens (including phenoxy) is 1. The summed E-state index contributed by atoms with van der Waals surface area (Å²) in [5.41, 5.74) is 1.16. The van der Waals surface area contributed by atoms with E-state index >= 15 is 0 Å². The smallest absolute Gasteiger partial charge is 0.332 e. The van der Waals surface area contributed by atoms with Crippen LogP contribution in [-0.4, -0.2) is 31.9 Å². The average molecular weight is 454 g/mol. The molecule has 29 heavy (non-hydrogen) atoms. The van der Waals surface area contributed by atoms with Gasteiger partial charge < -0.3 is 10.1 Å². The third kappa shape index (κ3) is 4.87. The van der Waals surface area contributed by atoms with E-state index in [4.69, 9.17) is 9.52 Å². The summed E-state index contributed by atoms with van der Waals surface area (Å²) >= 11 is 0. The molecule has 1 aromatic carbocycles. The van der Waals surface area contributed by atoms with Gasteiger partial charge in [-0.2, -0.15) is 5.10 Å². The number of carbonyl (C=O) groups is 1. The summed E-state index contributed by atoms with van der Waals surface area (Å²) in [5.74, 6) is -0.198. The predicted molar refractivity (Wildman–Crippen MR) is 114 cm³/mol. The zero-order valence-corrected chi connectivity index (χ0v) is 18.2. The van der Waals surface area contributed by atoms with Crippen molar-refractivity contribution in [3.8, 4) is 17.0 Å². The molecule has 0 radical (unpaired) electrons. The molecule has 0 aliphatic heterocycles. The lowest BCUT2D eigenvalue weighted by Gasteiger charge is -2.16. The Bertz CT molecular complexity index is 1190. The Hall–Kier alpha value is -2.61. The van der Waals surface area contributed by atoms with Crippen LogP contribution in [0.3, 0.4) is 0 Å². The van der Waals surface area contributed by atoms with Crippen molar-refractivity contribution in [1.82, 2.24) is 19.3 Å². The van der Waals surface area contributed by atoms with E-state index in [1.54, 1.807) is 12.1 Å². The average Bonchev–Trinajstić information content (AvgIpc) is 3.11. The predicted octanol–water partition coefficient (Wildman–Crippen LogP) is 2.37. The minimum Gasteiger partial charge on any atom is -0.481 e. The second-order valence-electron chi connectivity index (χ2n) is 5.75. The van der Waals surface area contributed by atoms with Crippen molar-refractivity contribution in [2.24, 2.45) is 0 Å². The lowest BCUT2D eigenvalue weighted by atomic mass is 10.0. The fourth-order valence-corrected chi connectivity index (χ4v) is 4.04. The highest BCUT2D eigenvalue weighted by atomic mass is 32.2. The first-order valence-electron chi connectivity index (χ1n) is 7.97. The van der Waals surface area contributed by atoms with Crippen molar-refractivity contribution in [3.63, 3.8) is 0 Å². The minimum atomic E-state index is -3.69. The van der Waals surface area contributed by atoms with Crippen LogP contribution in [0.1, 0.15) is 0 Å². The standard InChI is InChI=1S/C16H17FN6O3P2S/c1-26-13-6-9(2-4-19-13)11-7-10(17)8-12(27)15(11)20-16(24)22-29(18,25)14-3-5-23(28)21-14/h2-8H,27-28H2,1H3,(H3,18,20,22,24,25). The molecule has 0 spiro atoms. The zero-order chi connectivity index (χ0) is 21.2. The number of nitrogens with one attached hydrogen (secondary N) is 3. The number of nitrogens with zero attached hydrogens (tertiary/aromatic N) is 3. The van der Waals surface area contributed by atoms with Crippen molar-refractivity contribution in [2.75, 3.05) is 12.4 Å².